The summed E-state index contributed by atoms with van der Waals surface area (Å²) in [5.41, 5.74) is -0.207. The molecule has 1 aliphatic heterocycles. The highest BCUT2D eigenvalue weighted by Gasteiger charge is 2.35. The van der Waals surface area contributed by atoms with Crippen molar-refractivity contribution in [2.45, 2.75) is 23.9 Å². The predicted molar refractivity (Wildman–Crippen MR) is 103 cm³/mol. The summed E-state index contributed by atoms with van der Waals surface area (Å²) in [5.74, 6) is -1.11. The second kappa shape index (κ2) is 7.93. The van der Waals surface area contributed by atoms with E-state index in [1.54, 1.807) is 6.07 Å². The molecule has 1 fully saturated rings. The third-order valence-electron chi connectivity index (χ3n) is 5.10. The maximum atomic E-state index is 13.1. The zero-order valence-corrected chi connectivity index (χ0v) is 16.8. The molecule has 12 heteroatoms. The topological polar surface area (TPSA) is 105 Å². The third-order valence-corrected chi connectivity index (χ3v) is 7.00. The number of carbonyl (C=O) groups is 1. The van der Waals surface area contributed by atoms with Gasteiger partial charge in [-0.3, -0.25) is 4.79 Å². The van der Waals surface area contributed by atoms with Gasteiger partial charge in [0.2, 0.25) is 15.9 Å². The lowest BCUT2D eigenvalue weighted by Gasteiger charge is -2.31. The number of carbonyl (C=O) groups excluding carboxylic acids is 1. The van der Waals surface area contributed by atoms with Crippen LogP contribution in [0.15, 0.2) is 52.0 Å². The highest BCUT2D eigenvalue weighted by molar-refractivity contribution is 7.89. The van der Waals surface area contributed by atoms with E-state index in [0.29, 0.717) is 18.4 Å². The molecule has 1 amide bonds. The van der Waals surface area contributed by atoms with E-state index >= 15 is 0 Å². The standard InChI is InChI=1S/C19H17F3N4O4S/c20-19(21,22)13-6-8-14(9-7-13)23-18(27)12-3-2-10-26(11-12)31(28,29)16-5-1-4-15-17(16)25-30-24-15/h1,4-9,12H,2-3,10-11H2,(H,23,27)/t12-/m1/s1. The number of amides is 1. The van der Waals surface area contributed by atoms with Gasteiger partial charge in [-0.05, 0) is 59.6 Å². The Morgan fingerprint density at radius 3 is 2.58 bits per heavy atom. The van der Waals surface area contributed by atoms with Gasteiger partial charge in [-0.2, -0.15) is 17.5 Å². The van der Waals surface area contributed by atoms with Crippen molar-refractivity contribution < 1.29 is 31.0 Å². The summed E-state index contributed by atoms with van der Waals surface area (Å²) >= 11 is 0. The molecular weight excluding hydrogens is 437 g/mol. The van der Waals surface area contributed by atoms with Crippen molar-refractivity contribution in [3.8, 4) is 0 Å². The Hall–Kier alpha value is -2.99. The minimum absolute atomic E-state index is 0.0591. The first-order valence-corrected chi connectivity index (χ1v) is 10.8. The number of fused-ring (bicyclic) bond motifs is 1. The summed E-state index contributed by atoms with van der Waals surface area (Å²) < 4.78 is 70.1. The minimum atomic E-state index is -4.47. The lowest BCUT2D eigenvalue weighted by molar-refractivity contribution is -0.137. The van der Waals surface area contributed by atoms with Crippen molar-refractivity contribution in [3.63, 3.8) is 0 Å². The second-order valence-corrected chi connectivity index (χ2v) is 9.06. The summed E-state index contributed by atoms with van der Waals surface area (Å²) in [4.78, 5) is 12.6. The first kappa shape index (κ1) is 21.2. The number of halogens is 3. The van der Waals surface area contributed by atoms with Crippen molar-refractivity contribution >= 4 is 32.7 Å². The summed E-state index contributed by atoms with van der Waals surface area (Å²) in [6.45, 7) is 0.171. The largest absolute Gasteiger partial charge is 0.416 e. The molecule has 1 aliphatic rings. The molecule has 1 N–H and O–H groups in total. The fraction of sp³-hybridized carbons (Fsp3) is 0.316. The van der Waals surface area contributed by atoms with Crippen LogP contribution in [0.25, 0.3) is 11.0 Å². The number of piperidine rings is 1. The summed E-state index contributed by atoms with van der Waals surface area (Å²) in [6.07, 6.45) is -3.56. The number of benzene rings is 2. The Kier molecular flexibility index (Phi) is 5.43. The van der Waals surface area contributed by atoms with E-state index in [1.807, 2.05) is 0 Å². The molecule has 1 saturated heterocycles. The van der Waals surface area contributed by atoms with Crippen LogP contribution < -0.4 is 5.32 Å². The molecule has 0 saturated carbocycles. The van der Waals surface area contributed by atoms with Crippen molar-refractivity contribution in [1.82, 2.24) is 14.6 Å². The summed E-state index contributed by atoms with van der Waals surface area (Å²) in [7, 11) is -3.95. The molecule has 2 aromatic carbocycles. The fourth-order valence-electron chi connectivity index (χ4n) is 3.49. The zero-order chi connectivity index (χ0) is 22.2. The van der Waals surface area contributed by atoms with Gasteiger partial charge in [0.05, 0.1) is 11.5 Å². The SMILES string of the molecule is O=C(Nc1ccc(C(F)(F)F)cc1)[C@@H]1CCCN(S(=O)(=O)c2cccc3nonc23)C1. The Bertz CT molecular complexity index is 1210. The first-order chi connectivity index (χ1) is 14.7. The van der Waals surface area contributed by atoms with Gasteiger partial charge in [-0.25, -0.2) is 13.0 Å². The molecule has 8 nitrogen and oxygen atoms in total. The molecule has 1 atom stereocenters. The lowest BCUT2D eigenvalue weighted by Crippen LogP contribution is -2.43. The number of aromatic nitrogens is 2. The molecule has 3 aromatic rings. The number of hydrogen-bond donors (Lipinski definition) is 1. The van der Waals surface area contributed by atoms with E-state index in [1.165, 1.54) is 16.4 Å². The molecule has 2 heterocycles. The number of sulfonamides is 1. The average Bonchev–Trinajstić information content (AvgIpc) is 3.22. The molecule has 1 aromatic heterocycles. The molecular formula is C19H17F3N4O4S. The Morgan fingerprint density at radius 1 is 1.13 bits per heavy atom. The van der Waals surface area contributed by atoms with Gasteiger partial charge in [0.15, 0.2) is 5.52 Å². The predicted octanol–water partition coefficient (Wildman–Crippen LogP) is 3.28. The average molecular weight is 454 g/mol. The van der Waals surface area contributed by atoms with Gasteiger partial charge in [0.25, 0.3) is 0 Å². The maximum absolute atomic E-state index is 13.1. The number of alkyl halides is 3. The van der Waals surface area contributed by atoms with Crippen molar-refractivity contribution in [2.75, 3.05) is 18.4 Å². The second-order valence-electron chi connectivity index (χ2n) is 7.15. The molecule has 0 spiro atoms. The summed E-state index contributed by atoms with van der Waals surface area (Å²) in [6, 6.07) is 8.57. The van der Waals surface area contributed by atoms with E-state index < -0.39 is 33.6 Å². The molecule has 0 unspecified atom stereocenters. The molecule has 0 radical (unpaired) electrons. The number of nitrogens with one attached hydrogen (secondary N) is 1. The van der Waals surface area contributed by atoms with E-state index in [-0.39, 0.29) is 29.2 Å². The quantitative estimate of drug-likeness (QED) is 0.649. The monoisotopic (exact) mass is 454 g/mol. The molecule has 0 bridgehead atoms. The van der Waals surface area contributed by atoms with Crippen molar-refractivity contribution in [2.24, 2.45) is 5.92 Å². The summed E-state index contributed by atoms with van der Waals surface area (Å²) in [5, 5.41) is 9.87. The van der Waals surface area contributed by atoms with Crippen molar-refractivity contribution in [3.05, 3.63) is 48.0 Å². The van der Waals surface area contributed by atoms with E-state index in [4.69, 9.17) is 0 Å². The highest BCUT2D eigenvalue weighted by Crippen LogP contribution is 2.31. The number of anilines is 1. The third kappa shape index (κ3) is 4.26. The van der Waals surface area contributed by atoms with Crippen molar-refractivity contribution in [1.29, 1.82) is 0 Å². The minimum Gasteiger partial charge on any atom is -0.326 e. The van der Waals surface area contributed by atoms with Gasteiger partial charge >= 0.3 is 6.18 Å². The van der Waals surface area contributed by atoms with E-state index in [0.717, 1.165) is 24.3 Å². The fourth-order valence-corrected chi connectivity index (χ4v) is 5.15. The van der Waals surface area contributed by atoms with Crippen LogP contribution in [0.4, 0.5) is 18.9 Å². The molecule has 0 aliphatic carbocycles. The normalized spacial score (nSPS) is 18.2. The van der Waals surface area contributed by atoms with Crippen LogP contribution in [0.1, 0.15) is 18.4 Å². The van der Waals surface area contributed by atoms with Crippen LogP contribution in [0, 0.1) is 5.92 Å². The van der Waals surface area contributed by atoms with Crippen LogP contribution in [-0.2, 0) is 21.0 Å². The van der Waals surface area contributed by atoms with Crippen LogP contribution in [-0.4, -0.2) is 42.0 Å². The number of hydrogen-bond acceptors (Lipinski definition) is 6. The van der Waals surface area contributed by atoms with Gasteiger partial charge in [-0.15, -0.1) is 0 Å². The van der Waals surface area contributed by atoms with Gasteiger partial charge in [-0.1, -0.05) is 6.07 Å². The van der Waals surface area contributed by atoms with Gasteiger partial charge in [0.1, 0.15) is 10.4 Å². The molecule has 164 valence electrons. The molecule has 31 heavy (non-hydrogen) atoms. The van der Waals surface area contributed by atoms with E-state index in [2.05, 4.69) is 20.3 Å². The van der Waals surface area contributed by atoms with Crippen LogP contribution in [0.3, 0.4) is 0 Å². The van der Waals surface area contributed by atoms with Crippen LogP contribution in [0.2, 0.25) is 0 Å². The van der Waals surface area contributed by atoms with Crippen LogP contribution >= 0.6 is 0 Å². The van der Waals surface area contributed by atoms with Gasteiger partial charge < -0.3 is 5.32 Å². The zero-order valence-electron chi connectivity index (χ0n) is 16.0. The van der Waals surface area contributed by atoms with Crippen LogP contribution in [0.5, 0.6) is 0 Å². The Morgan fingerprint density at radius 2 is 1.87 bits per heavy atom. The number of nitrogens with zero attached hydrogens (tertiary/aromatic N) is 3. The maximum Gasteiger partial charge on any atom is 0.416 e. The first-order valence-electron chi connectivity index (χ1n) is 9.36. The Labute approximate surface area is 175 Å². The lowest BCUT2D eigenvalue weighted by atomic mass is 9.98. The Balaban J connectivity index is 1.49. The molecule has 4 rings (SSSR count). The van der Waals surface area contributed by atoms with Gasteiger partial charge in [0, 0.05) is 18.8 Å². The number of rotatable bonds is 4. The highest BCUT2D eigenvalue weighted by atomic mass is 32.2. The van der Waals surface area contributed by atoms with E-state index in [9.17, 15) is 26.4 Å². The smallest absolute Gasteiger partial charge is 0.326 e.